The number of hydrogen-bond donors (Lipinski definition) is 2. The highest BCUT2D eigenvalue weighted by Crippen LogP contribution is 2.14. The van der Waals surface area contributed by atoms with Crippen LogP contribution in [0.3, 0.4) is 0 Å². The van der Waals surface area contributed by atoms with Crippen LogP contribution in [0.5, 0.6) is 0 Å². The first-order chi connectivity index (χ1) is 7.23. The molecule has 4 nitrogen and oxygen atoms in total. The van der Waals surface area contributed by atoms with Gasteiger partial charge in [0.25, 0.3) is 0 Å². The molecule has 0 saturated carbocycles. The molecule has 0 aliphatic rings. The molecule has 0 radical (unpaired) electrons. The number of nitrogens with zero attached hydrogens (tertiary/aromatic N) is 1. The maximum absolute atomic E-state index is 11.5. The molecule has 0 aliphatic heterocycles. The Balaban J connectivity index is 3.81. The van der Waals surface area contributed by atoms with Crippen LogP contribution < -0.4 is 11.1 Å². The van der Waals surface area contributed by atoms with Crippen LogP contribution in [0.15, 0.2) is 0 Å². The van der Waals surface area contributed by atoms with Gasteiger partial charge in [0.1, 0.15) is 0 Å². The molecule has 4 heteroatoms. The Morgan fingerprint density at radius 2 is 2.00 bits per heavy atom. The molecule has 96 valence electrons. The topological polar surface area (TPSA) is 58.4 Å². The van der Waals surface area contributed by atoms with E-state index in [-0.39, 0.29) is 17.4 Å². The summed E-state index contributed by atoms with van der Waals surface area (Å²) in [6, 6.07) is 0.0977. The molecule has 0 fully saturated rings. The van der Waals surface area contributed by atoms with Gasteiger partial charge in [0.2, 0.25) is 5.91 Å². The molecule has 1 unspecified atom stereocenters. The van der Waals surface area contributed by atoms with E-state index in [0.29, 0.717) is 13.0 Å². The first kappa shape index (κ1) is 15.4. The standard InChI is InChI=1S/C12H27N3O/c1-10(13)6-7-11(16)14-8-12(2,3)9-15(4)5/h10H,6-9,13H2,1-5H3,(H,14,16). The van der Waals surface area contributed by atoms with Crippen molar-refractivity contribution in [2.24, 2.45) is 11.1 Å². The Morgan fingerprint density at radius 3 is 2.44 bits per heavy atom. The molecule has 0 bridgehead atoms. The third-order valence-corrected chi connectivity index (χ3v) is 2.34. The fraction of sp³-hybridized carbons (Fsp3) is 0.917. The maximum atomic E-state index is 11.5. The Bertz CT molecular complexity index is 212. The normalized spacial score (nSPS) is 13.9. The van der Waals surface area contributed by atoms with Gasteiger partial charge in [0, 0.05) is 25.6 Å². The SMILES string of the molecule is CC(N)CCC(=O)NCC(C)(C)CN(C)C. The summed E-state index contributed by atoms with van der Waals surface area (Å²) in [5.74, 6) is 0.101. The van der Waals surface area contributed by atoms with E-state index in [1.165, 1.54) is 0 Å². The van der Waals surface area contributed by atoms with E-state index in [2.05, 4.69) is 24.1 Å². The predicted octanol–water partition coefficient (Wildman–Crippen LogP) is 0.818. The van der Waals surface area contributed by atoms with Crippen molar-refractivity contribution in [2.45, 2.75) is 39.7 Å². The molecule has 0 aromatic carbocycles. The van der Waals surface area contributed by atoms with Crippen LogP contribution in [0, 0.1) is 5.41 Å². The lowest BCUT2D eigenvalue weighted by Crippen LogP contribution is -2.40. The number of rotatable bonds is 7. The summed E-state index contributed by atoms with van der Waals surface area (Å²) in [6.07, 6.45) is 1.27. The van der Waals surface area contributed by atoms with Crippen molar-refractivity contribution in [3.63, 3.8) is 0 Å². The largest absolute Gasteiger partial charge is 0.356 e. The van der Waals surface area contributed by atoms with Crippen molar-refractivity contribution in [3.8, 4) is 0 Å². The van der Waals surface area contributed by atoms with Crippen molar-refractivity contribution in [1.29, 1.82) is 0 Å². The van der Waals surface area contributed by atoms with Gasteiger partial charge in [-0.15, -0.1) is 0 Å². The molecule has 0 rings (SSSR count). The molecular formula is C12H27N3O. The zero-order valence-electron chi connectivity index (χ0n) is 11.3. The average molecular weight is 229 g/mol. The summed E-state index contributed by atoms with van der Waals surface area (Å²) in [5.41, 5.74) is 5.71. The van der Waals surface area contributed by atoms with Gasteiger partial charge in [-0.25, -0.2) is 0 Å². The average Bonchev–Trinajstić information content (AvgIpc) is 2.09. The molecule has 0 heterocycles. The minimum absolute atomic E-state index is 0.0977. The van der Waals surface area contributed by atoms with Gasteiger partial charge in [-0.1, -0.05) is 13.8 Å². The summed E-state index contributed by atoms with van der Waals surface area (Å²) in [5, 5.41) is 2.96. The third kappa shape index (κ3) is 8.68. The van der Waals surface area contributed by atoms with E-state index in [1.54, 1.807) is 0 Å². The van der Waals surface area contributed by atoms with Gasteiger partial charge in [-0.05, 0) is 32.9 Å². The summed E-state index contributed by atoms with van der Waals surface area (Å²) in [7, 11) is 4.08. The lowest BCUT2D eigenvalue weighted by Gasteiger charge is -2.28. The van der Waals surface area contributed by atoms with Crippen LogP contribution in [-0.2, 0) is 4.79 Å². The van der Waals surface area contributed by atoms with Crippen molar-refractivity contribution in [3.05, 3.63) is 0 Å². The van der Waals surface area contributed by atoms with E-state index in [9.17, 15) is 4.79 Å². The van der Waals surface area contributed by atoms with Gasteiger partial charge >= 0.3 is 0 Å². The molecular weight excluding hydrogens is 202 g/mol. The molecule has 0 saturated heterocycles. The first-order valence-electron chi connectivity index (χ1n) is 5.90. The Morgan fingerprint density at radius 1 is 1.44 bits per heavy atom. The number of nitrogens with one attached hydrogen (secondary N) is 1. The minimum atomic E-state index is 0.0977. The first-order valence-corrected chi connectivity index (χ1v) is 5.90. The second kappa shape index (κ2) is 6.86. The Hall–Kier alpha value is -0.610. The second-order valence-electron chi connectivity index (χ2n) is 5.69. The van der Waals surface area contributed by atoms with Crippen molar-refractivity contribution in [2.75, 3.05) is 27.2 Å². The molecule has 0 aromatic heterocycles. The zero-order chi connectivity index (χ0) is 12.8. The van der Waals surface area contributed by atoms with Crippen LogP contribution in [-0.4, -0.2) is 44.0 Å². The molecule has 0 aromatic rings. The number of carbonyl (C=O) groups is 1. The number of nitrogens with two attached hydrogens (primary N) is 1. The highest BCUT2D eigenvalue weighted by Gasteiger charge is 2.19. The van der Waals surface area contributed by atoms with Gasteiger partial charge < -0.3 is 16.0 Å². The molecule has 16 heavy (non-hydrogen) atoms. The fourth-order valence-corrected chi connectivity index (χ4v) is 1.70. The number of hydrogen-bond acceptors (Lipinski definition) is 3. The zero-order valence-corrected chi connectivity index (χ0v) is 11.3. The lowest BCUT2D eigenvalue weighted by atomic mass is 9.93. The van der Waals surface area contributed by atoms with E-state index in [0.717, 1.165) is 13.0 Å². The van der Waals surface area contributed by atoms with Crippen LogP contribution in [0.1, 0.15) is 33.6 Å². The van der Waals surface area contributed by atoms with E-state index in [4.69, 9.17) is 5.73 Å². The number of carbonyl (C=O) groups excluding carboxylic acids is 1. The summed E-state index contributed by atoms with van der Waals surface area (Å²) >= 11 is 0. The van der Waals surface area contributed by atoms with Crippen LogP contribution in [0.2, 0.25) is 0 Å². The molecule has 0 spiro atoms. The quantitative estimate of drug-likeness (QED) is 0.679. The predicted molar refractivity (Wildman–Crippen MR) is 68.2 cm³/mol. The molecule has 1 amide bonds. The van der Waals surface area contributed by atoms with Crippen molar-refractivity contribution in [1.82, 2.24) is 10.2 Å². The monoisotopic (exact) mass is 229 g/mol. The van der Waals surface area contributed by atoms with Crippen LogP contribution in [0.25, 0.3) is 0 Å². The summed E-state index contributed by atoms with van der Waals surface area (Å²) in [4.78, 5) is 13.6. The molecule has 1 atom stereocenters. The van der Waals surface area contributed by atoms with E-state index >= 15 is 0 Å². The highest BCUT2D eigenvalue weighted by molar-refractivity contribution is 5.75. The minimum Gasteiger partial charge on any atom is -0.356 e. The third-order valence-electron chi connectivity index (χ3n) is 2.34. The van der Waals surface area contributed by atoms with Crippen LogP contribution >= 0.6 is 0 Å². The van der Waals surface area contributed by atoms with Crippen molar-refractivity contribution < 1.29 is 4.79 Å². The van der Waals surface area contributed by atoms with E-state index < -0.39 is 0 Å². The number of amides is 1. The second-order valence-corrected chi connectivity index (χ2v) is 5.69. The summed E-state index contributed by atoms with van der Waals surface area (Å²) < 4.78 is 0. The van der Waals surface area contributed by atoms with Crippen LogP contribution in [0.4, 0.5) is 0 Å². The smallest absolute Gasteiger partial charge is 0.220 e. The Kier molecular flexibility index (Phi) is 6.60. The molecule has 3 N–H and O–H groups in total. The Labute approximate surface area is 99.6 Å². The van der Waals surface area contributed by atoms with Gasteiger partial charge in [-0.3, -0.25) is 4.79 Å². The van der Waals surface area contributed by atoms with Gasteiger partial charge in [-0.2, -0.15) is 0 Å². The lowest BCUT2D eigenvalue weighted by molar-refractivity contribution is -0.121. The van der Waals surface area contributed by atoms with Gasteiger partial charge in [0.05, 0.1) is 0 Å². The van der Waals surface area contributed by atoms with Crippen molar-refractivity contribution >= 4 is 5.91 Å². The fourth-order valence-electron chi connectivity index (χ4n) is 1.70. The summed E-state index contributed by atoms with van der Waals surface area (Å²) in [6.45, 7) is 7.89. The maximum Gasteiger partial charge on any atom is 0.220 e. The van der Waals surface area contributed by atoms with Gasteiger partial charge in [0.15, 0.2) is 0 Å². The van der Waals surface area contributed by atoms with E-state index in [1.807, 2.05) is 21.0 Å². The highest BCUT2D eigenvalue weighted by atomic mass is 16.1. The molecule has 0 aliphatic carbocycles.